The van der Waals surface area contributed by atoms with Crippen LogP contribution in [0.4, 0.5) is 0 Å². The molecule has 0 radical (unpaired) electrons. The largest absolute Gasteiger partial charge is 0.412 e. The second kappa shape index (κ2) is 9.34. The molecular formula is C3H9MgNO2. The molecule has 0 aliphatic carbocycles. The number of hydrogen-bond acceptors (Lipinski definition) is 1. The van der Waals surface area contributed by atoms with E-state index in [0.717, 1.165) is 6.08 Å². The van der Waals surface area contributed by atoms with Crippen molar-refractivity contribution >= 4 is 29.0 Å². The molecule has 0 spiro atoms. The minimum atomic E-state index is -0.481. The number of carbonyl (C=O) groups is 1. The quantitative estimate of drug-likeness (QED) is 0.309. The summed E-state index contributed by atoms with van der Waals surface area (Å²) in [6.45, 7) is 3.09. The maximum absolute atomic E-state index is 9.47. The molecule has 3 nitrogen and oxygen atoms in total. The zero-order chi connectivity index (χ0) is 4.28. The zero-order valence-corrected chi connectivity index (χ0v) is 3.27. The van der Waals surface area contributed by atoms with Crippen LogP contribution in [0.3, 0.4) is 0 Å². The first kappa shape index (κ1) is 15.8. The number of nitrogens with two attached hydrogens (primary N) is 1. The maximum Gasteiger partial charge on any atom is 0.316 e. The molecule has 7 heavy (non-hydrogen) atoms. The summed E-state index contributed by atoms with van der Waals surface area (Å²) in [6, 6.07) is 0. The van der Waals surface area contributed by atoms with Gasteiger partial charge in [-0.3, -0.25) is 4.79 Å². The standard InChI is InChI=1S/C3H5NO.Mg.H2O.2H/c1-2-3(4)5;;;;/h2H,1H2,(H2,4,5);;1H2;;. The minimum Gasteiger partial charge on any atom is -0.412 e. The van der Waals surface area contributed by atoms with Crippen molar-refractivity contribution in [3.63, 3.8) is 0 Å². The number of primary amides is 1. The van der Waals surface area contributed by atoms with Crippen molar-refractivity contribution in [1.82, 2.24) is 0 Å². The molecule has 0 atom stereocenters. The molecule has 0 heterocycles. The highest BCUT2D eigenvalue weighted by Crippen LogP contribution is 1.48. The van der Waals surface area contributed by atoms with Gasteiger partial charge in [-0.25, -0.2) is 0 Å². The Hall–Kier alpha value is -0.0638. The van der Waals surface area contributed by atoms with Crippen molar-refractivity contribution in [2.45, 2.75) is 0 Å². The summed E-state index contributed by atoms with van der Waals surface area (Å²) >= 11 is 0. The van der Waals surface area contributed by atoms with Gasteiger partial charge in [-0.05, 0) is 6.08 Å². The fourth-order valence-corrected chi connectivity index (χ4v) is 0. The van der Waals surface area contributed by atoms with Crippen molar-refractivity contribution in [3.8, 4) is 0 Å². The van der Waals surface area contributed by atoms with Gasteiger partial charge in [0.25, 0.3) is 0 Å². The molecule has 0 saturated carbocycles. The van der Waals surface area contributed by atoms with Gasteiger partial charge < -0.3 is 11.2 Å². The third-order valence-corrected chi connectivity index (χ3v) is 0.201. The molecule has 0 aromatic heterocycles. The Morgan fingerprint density at radius 2 is 1.86 bits per heavy atom. The lowest BCUT2D eigenvalue weighted by Crippen LogP contribution is -2.04. The van der Waals surface area contributed by atoms with Crippen molar-refractivity contribution < 1.29 is 10.3 Å². The number of carbonyl (C=O) groups excluding carboxylic acids is 1. The van der Waals surface area contributed by atoms with E-state index < -0.39 is 5.91 Å². The molecule has 0 aromatic carbocycles. The lowest BCUT2D eigenvalue weighted by Gasteiger charge is -1.65. The molecule has 0 aliphatic heterocycles. The summed E-state index contributed by atoms with van der Waals surface area (Å²) in [7, 11) is 0. The third kappa shape index (κ3) is 24.5. The predicted octanol–water partition coefficient (Wildman–Crippen LogP) is -2.08. The van der Waals surface area contributed by atoms with Gasteiger partial charge in [-0.1, -0.05) is 6.58 Å². The molecule has 0 aromatic rings. The van der Waals surface area contributed by atoms with Gasteiger partial charge in [0, 0.05) is 0 Å². The molecule has 4 heteroatoms. The van der Waals surface area contributed by atoms with Crippen LogP contribution in [0.5, 0.6) is 0 Å². The van der Waals surface area contributed by atoms with Crippen LogP contribution >= 0.6 is 0 Å². The van der Waals surface area contributed by atoms with Crippen LogP contribution in [-0.4, -0.2) is 34.4 Å². The van der Waals surface area contributed by atoms with Crippen LogP contribution < -0.4 is 5.73 Å². The van der Waals surface area contributed by atoms with Gasteiger partial charge in [-0.2, -0.15) is 0 Å². The molecule has 0 aliphatic rings. The number of rotatable bonds is 1. The van der Waals surface area contributed by atoms with Gasteiger partial charge in [-0.15, -0.1) is 0 Å². The van der Waals surface area contributed by atoms with Crippen molar-refractivity contribution in [1.29, 1.82) is 0 Å². The van der Waals surface area contributed by atoms with Crippen molar-refractivity contribution in [3.05, 3.63) is 12.7 Å². The molecule has 0 fully saturated rings. The van der Waals surface area contributed by atoms with Gasteiger partial charge in [0.05, 0.1) is 0 Å². The predicted molar refractivity (Wildman–Crippen MR) is 31.5 cm³/mol. The average Bonchev–Trinajstić information content (AvgIpc) is 1.38. The summed E-state index contributed by atoms with van der Waals surface area (Å²) < 4.78 is 0. The summed E-state index contributed by atoms with van der Waals surface area (Å²) in [5, 5.41) is 0. The Balaban J connectivity index is -0.0000000800. The van der Waals surface area contributed by atoms with Crippen LogP contribution in [-0.2, 0) is 4.79 Å². The summed E-state index contributed by atoms with van der Waals surface area (Å²) in [5.74, 6) is -0.481. The van der Waals surface area contributed by atoms with E-state index in [4.69, 9.17) is 0 Å². The van der Waals surface area contributed by atoms with Crippen LogP contribution in [0.25, 0.3) is 0 Å². The average molecular weight is 115 g/mol. The Morgan fingerprint density at radius 3 is 1.86 bits per heavy atom. The molecule has 0 bridgehead atoms. The van der Waals surface area contributed by atoms with Gasteiger partial charge >= 0.3 is 23.1 Å². The van der Waals surface area contributed by atoms with E-state index in [1.807, 2.05) is 0 Å². The number of amides is 1. The van der Waals surface area contributed by atoms with E-state index in [1.54, 1.807) is 0 Å². The fourth-order valence-electron chi connectivity index (χ4n) is 0. The molecule has 40 valence electrons. The minimum absolute atomic E-state index is 0. The smallest absolute Gasteiger partial charge is 0.316 e. The van der Waals surface area contributed by atoms with Gasteiger partial charge in [0.15, 0.2) is 0 Å². The first-order chi connectivity index (χ1) is 2.27. The second-order valence-electron chi connectivity index (χ2n) is 0.606. The van der Waals surface area contributed by atoms with E-state index in [1.165, 1.54) is 0 Å². The highest BCUT2D eigenvalue weighted by molar-refractivity contribution is 5.84. The Labute approximate surface area is 58.0 Å². The monoisotopic (exact) mass is 115 g/mol. The van der Waals surface area contributed by atoms with Crippen LogP contribution in [0.15, 0.2) is 12.7 Å². The molecule has 1 amide bonds. The number of hydrogen-bond donors (Lipinski definition) is 1. The van der Waals surface area contributed by atoms with Crippen LogP contribution in [0.2, 0.25) is 0 Å². The Kier molecular flexibility index (Phi) is 21.0. The second-order valence-corrected chi connectivity index (χ2v) is 0.606. The van der Waals surface area contributed by atoms with Gasteiger partial charge in [0.2, 0.25) is 5.91 Å². The Bertz CT molecular complexity index is 64.0. The first-order valence-corrected chi connectivity index (χ1v) is 1.19. The van der Waals surface area contributed by atoms with E-state index in [9.17, 15) is 4.79 Å². The summed E-state index contributed by atoms with van der Waals surface area (Å²) in [4.78, 5) is 9.47. The van der Waals surface area contributed by atoms with Crippen molar-refractivity contribution in [2.75, 3.05) is 0 Å². The molecule has 0 rings (SSSR count). The fraction of sp³-hybridized carbons (Fsp3) is 0. The summed E-state index contributed by atoms with van der Waals surface area (Å²) in [6.07, 6.45) is 1.06. The van der Waals surface area contributed by atoms with E-state index in [2.05, 4.69) is 12.3 Å². The van der Waals surface area contributed by atoms with E-state index in [0.29, 0.717) is 0 Å². The molecular weight excluding hydrogens is 106 g/mol. The molecule has 0 unspecified atom stereocenters. The molecule has 4 N–H and O–H groups in total. The van der Waals surface area contributed by atoms with E-state index >= 15 is 0 Å². The SMILES string of the molecule is C=CC(N)=O.O.[MgH2]. The zero-order valence-electron chi connectivity index (χ0n) is 3.27. The van der Waals surface area contributed by atoms with E-state index in [-0.39, 0.29) is 28.5 Å². The van der Waals surface area contributed by atoms with Crippen LogP contribution in [0, 0.1) is 0 Å². The lowest BCUT2D eigenvalue weighted by atomic mass is 10.6. The first-order valence-electron chi connectivity index (χ1n) is 1.19. The third-order valence-electron chi connectivity index (χ3n) is 0.201. The highest BCUT2D eigenvalue weighted by Gasteiger charge is 1.69. The lowest BCUT2D eigenvalue weighted by molar-refractivity contribution is -0.113. The maximum atomic E-state index is 9.47. The van der Waals surface area contributed by atoms with Crippen LogP contribution in [0.1, 0.15) is 0 Å². The molecule has 0 saturated heterocycles. The van der Waals surface area contributed by atoms with Gasteiger partial charge in [0.1, 0.15) is 0 Å². The highest BCUT2D eigenvalue weighted by atomic mass is 24.3. The topological polar surface area (TPSA) is 74.6 Å². The van der Waals surface area contributed by atoms with Crippen molar-refractivity contribution in [2.24, 2.45) is 5.73 Å². The normalized spacial score (nSPS) is 4.57. The summed E-state index contributed by atoms with van der Waals surface area (Å²) in [5.41, 5.74) is 4.53. The Morgan fingerprint density at radius 1 is 1.71 bits per heavy atom.